The van der Waals surface area contributed by atoms with Gasteiger partial charge in [0.05, 0.1) is 6.61 Å². The Morgan fingerprint density at radius 3 is 3.00 bits per heavy atom. The van der Waals surface area contributed by atoms with E-state index in [2.05, 4.69) is 16.8 Å². The molecule has 0 spiro atoms. The lowest BCUT2D eigenvalue weighted by Crippen LogP contribution is -2.13. The molecule has 3 heteroatoms. The van der Waals surface area contributed by atoms with Crippen molar-refractivity contribution in [3.8, 4) is 5.75 Å². The first-order valence-electron chi connectivity index (χ1n) is 6.63. The first-order valence-corrected chi connectivity index (χ1v) is 7.58. The van der Waals surface area contributed by atoms with Crippen LogP contribution in [-0.2, 0) is 12.8 Å². The minimum absolute atomic E-state index is 0.254. The molecule has 0 N–H and O–H groups in total. The summed E-state index contributed by atoms with van der Waals surface area (Å²) in [7, 11) is 0. The van der Waals surface area contributed by atoms with Gasteiger partial charge in [0.25, 0.3) is 0 Å². The summed E-state index contributed by atoms with van der Waals surface area (Å²) in [6.45, 7) is 0.668. The van der Waals surface area contributed by atoms with E-state index in [0.29, 0.717) is 13.0 Å². The van der Waals surface area contributed by atoms with Crippen LogP contribution in [0.3, 0.4) is 0 Å². The average molecular weight is 272 g/mol. The van der Waals surface area contributed by atoms with Gasteiger partial charge in [-0.1, -0.05) is 12.1 Å². The van der Waals surface area contributed by atoms with E-state index in [1.807, 2.05) is 18.2 Å². The Kier molecular flexibility index (Phi) is 3.65. The Morgan fingerprint density at radius 1 is 1.21 bits per heavy atom. The van der Waals surface area contributed by atoms with Crippen molar-refractivity contribution in [2.24, 2.45) is 0 Å². The molecule has 0 radical (unpaired) electrons. The molecular formula is C16H16O2S. The molecular weight excluding hydrogens is 256 g/mol. The van der Waals surface area contributed by atoms with Gasteiger partial charge in [-0.15, -0.1) is 0 Å². The summed E-state index contributed by atoms with van der Waals surface area (Å²) in [6, 6.07) is 7.94. The van der Waals surface area contributed by atoms with Crippen molar-refractivity contribution in [2.45, 2.75) is 25.7 Å². The highest BCUT2D eigenvalue weighted by Gasteiger charge is 2.20. The van der Waals surface area contributed by atoms with Crippen LogP contribution in [0.25, 0.3) is 0 Å². The zero-order valence-electron chi connectivity index (χ0n) is 10.7. The summed E-state index contributed by atoms with van der Waals surface area (Å²) in [5.74, 6) is 1.14. The number of hydrogen-bond donors (Lipinski definition) is 0. The highest BCUT2D eigenvalue weighted by atomic mass is 32.1. The molecule has 2 aromatic rings. The third-order valence-corrected chi connectivity index (χ3v) is 4.22. The second-order valence-electron chi connectivity index (χ2n) is 4.79. The predicted octanol–water partition coefficient (Wildman–Crippen LogP) is 3.89. The van der Waals surface area contributed by atoms with Gasteiger partial charge in [0.2, 0.25) is 0 Å². The zero-order chi connectivity index (χ0) is 13.1. The van der Waals surface area contributed by atoms with Gasteiger partial charge in [0.1, 0.15) is 5.75 Å². The molecule has 0 fully saturated rings. The molecule has 1 heterocycles. The number of Topliss-reactive ketones (excluding diaryl/α,β-unsaturated/α-hetero) is 1. The number of ketones is 1. The molecule has 0 unspecified atom stereocenters. The Hall–Kier alpha value is -1.61. The fraction of sp³-hybridized carbons (Fsp3) is 0.312. The lowest BCUT2D eigenvalue weighted by atomic mass is 9.90. The molecule has 2 nitrogen and oxygen atoms in total. The Balaban J connectivity index is 1.71. The summed E-state index contributed by atoms with van der Waals surface area (Å²) in [5, 5.41) is 4.23. The summed E-state index contributed by atoms with van der Waals surface area (Å²) in [6.07, 6.45) is 3.49. The number of ether oxygens (including phenoxy) is 1. The molecule has 0 bridgehead atoms. The van der Waals surface area contributed by atoms with Gasteiger partial charge in [-0.25, -0.2) is 0 Å². The van der Waals surface area contributed by atoms with Crippen LogP contribution in [-0.4, -0.2) is 12.4 Å². The van der Waals surface area contributed by atoms with Crippen molar-refractivity contribution in [2.75, 3.05) is 6.61 Å². The first-order chi connectivity index (χ1) is 9.34. The summed E-state index contributed by atoms with van der Waals surface area (Å²) < 4.78 is 5.88. The molecule has 19 heavy (non-hydrogen) atoms. The number of thiophene rings is 1. The van der Waals surface area contributed by atoms with Crippen LogP contribution in [0.15, 0.2) is 35.0 Å². The van der Waals surface area contributed by atoms with Crippen molar-refractivity contribution >= 4 is 17.1 Å². The Bertz CT molecular complexity index is 572. The van der Waals surface area contributed by atoms with Gasteiger partial charge < -0.3 is 4.74 Å². The van der Waals surface area contributed by atoms with Crippen molar-refractivity contribution < 1.29 is 9.53 Å². The van der Waals surface area contributed by atoms with Gasteiger partial charge in [0.15, 0.2) is 5.78 Å². The molecule has 3 rings (SSSR count). The molecule has 0 atom stereocenters. The second-order valence-corrected chi connectivity index (χ2v) is 5.57. The standard InChI is InChI=1S/C16H16O2S/c17-15-5-1-4-14-13(15)3-2-6-16(14)18-9-7-12-8-10-19-11-12/h2-3,6,8,10-11H,1,4-5,7,9H2. The number of carbonyl (C=O) groups is 1. The van der Waals surface area contributed by atoms with E-state index in [-0.39, 0.29) is 5.78 Å². The van der Waals surface area contributed by atoms with E-state index in [1.54, 1.807) is 11.3 Å². The fourth-order valence-electron chi connectivity index (χ4n) is 2.49. The fourth-order valence-corrected chi connectivity index (χ4v) is 3.20. The topological polar surface area (TPSA) is 26.3 Å². The zero-order valence-corrected chi connectivity index (χ0v) is 11.5. The number of benzene rings is 1. The van der Waals surface area contributed by atoms with Crippen LogP contribution in [0.2, 0.25) is 0 Å². The van der Waals surface area contributed by atoms with Crippen LogP contribution >= 0.6 is 11.3 Å². The van der Waals surface area contributed by atoms with E-state index in [4.69, 9.17) is 4.74 Å². The summed E-state index contributed by atoms with van der Waals surface area (Å²) in [4.78, 5) is 11.8. The maximum absolute atomic E-state index is 11.8. The van der Waals surface area contributed by atoms with E-state index >= 15 is 0 Å². The third-order valence-electron chi connectivity index (χ3n) is 3.49. The number of fused-ring (bicyclic) bond motifs is 1. The van der Waals surface area contributed by atoms with Crippen LogP contribution in [0, 0.1) is 0 Å². The maximum Gasteiger partial charge on any atom is 0.163 e. The second kappa shape index (κ2) is 5.57. The van der Waals surface area contributed by atoms with Crippen molar-refractivity contribution in [3.05, 3.63) is 51.7 Å². The predicted molar refractivity (Wildman–Crippen MR) is 77.2 cm³/mol. The minimum Gasteiger partial charge on any atom is -0.493 e. The van der Waals surface area contributed by atoms with Crippen LogP contribution in [0.4, 0.5) is 0 Å². The number of rotatable bonds is 4. The van der Waals surface area contributed by atoms with Crippen molar-refractivity contribution in [3.63, 3.8) is 0 Å². The number of carbonyl (C=O) groups excluding carboxylic acids is 1. The maximum atomic E-state index is 11.8. The highest BCUT2D eigenvalue weighted by Crippen LogP contribution is 2.29. The van der Waals surface area contributed by atoms with E-state index in [1.165, 1.54) is 5.56 Å². The lowest BCUT2D eigenvalue weighted by molar-refractivity contribution is 0.0971. The summed E-state index contributed by atoms with van der Waals surface area (Å²) in [5.41, 5.74) is 3.27. The first kappa shape index (κ1) is 12.4. The molecule has 0 saturated heterocycles. The SMILES string of the molecule is O=C1CCCc2c(OCCc3ccsc3)cccc21. The van der Waals surface area contributed by atoms with Crippen LogP contribution in [0.5, 0.6) is 5.75 Å². The molecule has 98 valence electrons. The molecule has 0 aliphatic heterocycles. The van der Waals surface area contributed by atoms with E-state index in [0.717, 1.165) is 36.1 Å². The Labute approximate surface area is 117 Å². The Morgan fingerprint density at radius 2 is 2.16 bits per heavy atom. The quantitative estimate of drug-likeness (QED) is 0.844. The van der Waals surface area contributed by atoms with Gasteiger partial charge in [-0.05, 0) is 41.3 Å². The van der Waals surface area contributed by atoms with Gasteiger partial charge in [-0.2, -0.15) is 11.3 Å². The van der Waals surface area contributed by atoms with E-state index < -0.39 is 0 Å². The highest BCUT2D eigenvalue weighted by molar-refractivity contribution is 7.07. The van der Waals surface area contributed by atoms with Crippen LogP contribution < -0.4 is 4.74 Å². The number of hydrogen-bond acceptors (Lipinski definition) is 3. The minimum atomic E-state index is 0.254. The average Bonchev–Trinajstić information content (AvgIpc) is 2.93. The van der Waals surface area contributed by atoms with E-state index in [9.17, 15) is 4.79 Å². The van der Waals surface area contributed by atoms with Crippen LogP contribution in [0.1, 0.15) is 34.3 Å². The third kappa shape index (κ3) is 2.71. The lowest BCUT2D eigenvalue weighted by Gasteiger charge is -2.18. The normalized spacial score (nSPS) is 14.2. The molecule has 1 aliphatic rings. The summed E-state index contributed by atoms with van der Waals surface area (Å²) >= 11 is 1.71. The van der Waals surface area contributed by atoms with Gasteiger partial charge in [0, 0.05) is 24.0 Å². The smallest absolute Gasteiger partial charge is 0.163 e. The van der Waals surface area contributed by atoms with Crippen molar-refractivity contribution in [1.82, 2.24) is 0 Å². The molecule has 0 saturated carbocycles. The van der Waals surface area contributed by atoms with Crippen molar-refractivity contribution in [1.29, 1.82) is 0 Å². The van der Waals surface area contributed by atoms with Gasteiger partial charge >= 0.3 is 0 Å². The van der Waals surface area contributed by atoms with Gasteiger partial charge in [-0.3, -0.25) is 4.79 Å². The molecule has 1 aromatic carbocycles. The molecule has 1 aromatic heterocycles. The largest absolute Gasteiger partial charge is 0.493 e. The molecule has 0 amide bonds. The molecule has 1 aliphatic carbocycles. The monoisotopic (exact) mass is 272 g/mol.